The fourth-order valence-corrected chi connectivity index (χ4v) is 3.30. The summed E-state index contributed by atoms with van der Waals surface area (Å²) in [5, 5.41) is 4.52. The molecule has 7 heteroatoms. The minimum absolute atomic E-state index is 0.245. The van der Waals surface area contributed by atoms with Crippen molar-refractivity contribution in [2.75, 3.05) is 6.54 Å². The summed E-state index contributed by atoms with van der Waals surface area (Å²) < 4.78 is 0. The first-order valence-corrected chi connectivity index (χ1v) is 9.68. The molecule has 3 aromatic rings. The third kappa shape index (κ3) is 4.83. The molecule has 0 radical (unpaired) electrons. The number of amides is 1. The van der Waals surface area contributed by atoms with Gasteiger partial charge in [-0.1, -0.05) is 53.9 Å². The number of hydrogen-bond acceptors (Lipinski definition) is 2. The number of H-pyrrole nitrogens is 1. The highest BCUT2D eigenvalue weighted by molar-refractivity contribution is 6.36. The fraction of sp³-hybridized carbons (Fsp3) is 0.200. The normalized spacial score (nSPS) is 10.8. The van der Waals surface area contributed by atoms with Gasteiger partial charge in [0.05, 0.1) is 10.7 Å². The Bertz CT molecular complexity index is 952. The third-order valence-electron chi connectivity index (χ3n) is 4.01. The Hall–Kier alpha value is -2.01. The molecule has 0 saturated carbocycles. The van der Waals surface area contributed by atoms with Crippen molar-refractivity contribution in [1.82, 2.24) is 15.3 Å². The van der Waals surface area contributed by atoms with E-state index in [9.17, 15) is 4.79 Å². The van der Waals surface area contributed by atoms with Gasteiger partial charge in [0.25, 0.3) is 5.91 Å². The number of imidazole rings is 1. The van der Waals surface area contributed by atoms with Crippen LogP contribution in [0.4, 0.5) is 0 Å². The van der Waals surface area contributed by atoms with Crippen LogP contribution >= 0.6 is 34.8 Å². The Kier molecular flexibility index (Phi) is 6.42. The van der Waals surface area contributed by atoms with Crippen LogP contribution in [0.15, 0.2) is 42.5 Å². The second-order valence-electron chi connectivity index (χ2n) is 6.10. The molecule has 0 aliphatic heterocycles. The van der Waals surface area contributed by atoms with Crippen LogP contribution in [-0.2, 0) is 6.42 Å². The van der Waals surface area contributed by atoms with Gasteiger partial charge in [0, 0.05) is 34.3 Å². The van der Waals surface area contributed by atoms with Crippen LogP contribution in [0.1, 0.15) is 35.2 Å². The number of nitrogens with one attached hydrogen (secondary N) is 2. The molecule has 27 heavy (non-hydrogen) atoms. The van der Waals surface area contributed by atoms with Gasteiger partial charge in [-0.25, -0.2) is 4.98 Å². The largest absolute Gasteiger partial charge is 0.349 e. The zero-order valence-electron chi connectivity index (χ0n) is 14.7. The maximum Gasteiger partial charge on any atom is 0.287 e. The van der Waals surface area contributed by atoms with Crippen LogP contribution in [0.5, 0.6) is 0 Å². The zero-order chi connectivity index (χ0) is 19.4. The van der Waals surface area contributed by atoms with E-state index in [-0.39, 0.29) is 11.7 Å². The van der Waals surface area contributed by atoms with Crippen molar-refractivity contribution in [3.8, 4) is 11.3 Å². The summed E-state index contributed by atoms with van der Waals surface area (Å²) in [4.78, 5) is 20.0. The molecule has 1 amide bonds. The fourth-order valence-electron chi connectivity index (χ4n) is 2.68. The van der Waals surface area contributed by atoms with Crippen molar-refractivity contribution in [3.63, 3.8) is 0 Å². The predicted octanol–water partition coefficient (Wildman–Crippen LogP) is 5.77. The third-order valence-corrected chi connectivity index (χ3v) is 4.81. The first-order chi connectivity index (χ1) is 13.0. The summed E-state index contributed by atoms with van der Waals surface area (Å²) >= 11 is 18.4. The predicted molar refractivity (Wildman–Crippen MR) is 111 cm³/mol. The van der Waals surface area contributed by atoms with E-state index in [4.69, 9.17) is 34.8 Å². The Morgan fingerprint density at radius 1 is 1.07 bits per heavy atom. The molecule has 0 bridgehead atoms. The molecule has 0 aliphatic rings. The minimum atomic E-state index is -0.245. The lowest BCUT2D eigenvalue weighted by molar-refractivity contribution is 0.0944. The van der Waals surface area contributed by atoms with Gasteiger partial charge in [0.1, 0.15) is 0 Å². The lowest BCUT2D eigenvalue weighted by Gasteiger charge is -2.06. The summed E-state index contributed by atoms with van der Waals surface area (Å²) in [6.07, 6.45) is 1.40. The number of nitrogens with zero attached hydrogens (tertiary/aromatic N) is 1. The number of hydrogen-bond donors (Lipinski definition) is 2. The smallest absolute Gasteiger partial charge is 0.287 e. The van der Waals surface area contributed by atoms with Gasteiger partial charge in [-0.2, -0.15) is 0 Å². The van der Waals surface area contributed by atoms with Gasteiger partial charge in [-0.15, -0.1) is 0 Å². The number of halogens is 3. The van der Waals surface area contributed by atoms with Crippen molar-refractivity contribution in [2.24, 2.45) is 0 Å². The van der Waals surface area contributed by atoms with Crippen molar-refractivity contribution in [2.45, 2.75) is 19.8 Å². The van der Waals surface area contributed by atoms with Crippen LogP contribution in [0.3, 0.4) is 0 Å². The van der Waals surface area contributed by atoms with Crippen LogP contribution in [0.2, 0.25) is 15.1 Å². The number of rotatable bonds is 6. The van der Waals surface area contributed by atoms with Crippen molar-refractivity contribution in [3.05, 3.63) is 74.6 Å². The molecule has 2 aromatic carbocycles. The van der Waals surface area contributed by atoms with Gasteiger partial charge in [0.2, 0.25) is 0 Å². The maximum absolute atomic E-state index is 12.4. The Morgan fingerprint density at radius 2 is 1.78 bits per heavy atom. The van der Waals surface area contributed by atoms with E-state index in [0.717, 1.165) is 23.2 Å². The van der Waals surface area contributed by atoms with Crippen molar-refractivity contribution < 1.29 is 4.79 Å². The Morgan fingerprint density at radius 3 is 2.44 bits per heavy atom. The van der Waals surface area contributed by atoms with Gasteiger partial charge in [-0.3, -0.25) is 4.79 Å². The first kappa shape index (κ1) is 19.7. The van der Waals surface area contributed by atoms with Crippen LogP contribution in [-0.4, -0.2) is 22.4 Å². The zero-order valence-corrected chi connectivity index (χ0v) is 16.9. The highest BCUT2D eigenvalue weighted by Gasteiger charge is 2.19. The monoisotopic (exact) mass is 421 g/mol. The standard InChI is InChI=1S/C20H18Cl3N3O/c1-2-9-24-20(27)19-25-17(10-12-3-5-13(21)6-4-12)18(26-19)15-8-7-14(22)11-16(15)23/h3-8,11H,2,9-10H2,1H3,(H,24,27)(H,25,26). The average Bonchev–Trinajstić information content (AvgIpc) is 3.05. The van der Waals surface area contributed by atoms with Crippen LogP contribution < -0.4 is 5.32 Å². The van der Waals surface area contributed by atoms with E-state index in [0.29, 0.717) is 33.7 Å². The molecule has 3 rings (SSSR count). The molecule has 1 aromatic heterocycles. The molecular weight excluding hydrogens is 405 g/mol. The van der Waals surface area contributed by atoms with E-state index in [1.165, 1.54) is 0 Å². The quantitative estimate of drug-likeness (QED) is 0.530. The van der Waals surface area contributed by atoms with E-state index in [2.05, 4.69) is 15.3 Å². The number of carbonyl (C=O) groups is 1. The van der Waals surface area contributed by atoms with Gasteiger partial charge < -0.3 is 10.3 Å². The Balaban J connectivity index is 2.01. The molecule has 1 heterocycles. The van der Waals surface area contributed by atoms with E-state index in [1.807, 2.05) is 31.2 Å². The Labute approximate surface area is 172 Å². The van der Waals surface area contributed by atoms with Crippen molar-refractivity contribution >= 4 is 40.7 Å². The number of aromatic amines is 1. The number of aromatic nitrogens is 2. The molecule has 0 saturated heterocycles. The molecule has 0 fully saturated rings. The summed E-state index contributed by atoms with van der Waals surface area (Å²) in [6.45, 7) is 2.58. The highest BCUT2D eigenvalue weighted by atomic mass is 35.5. The maximum atomic E-state index is 12.4. The molecule has 0 unspecified atom stereocenters. The molecule has 140 valence electrons. The van der Waals surface area contributed by atoms with Gasteiger partial charge in [0.15, 0.2) is 5.82 Å². The molecule has 0 atom stereocenters. The van der Waals surface area contributed by atoms with Crippen LogP contribution in [0.25, 0.3) is 11.3 Å². The summed E-state index contributed by atoms with van der Waals surface area (Å²) in [5.74, 6) is 0.0129. The second-order valence-corrected chi connectivity index (χ2v) is 7.38. The molecule has 4 nitrogen and oxygen atoms in total. The lowest BCUT2D eigenvalue weighted by atomic mass is 10.0. The molecular formula is C20H18Cl3N3O. The van der Waals surface area contributed by atoms with E-state index >= 15 is 0 Å². The summed E-state index contributed by atoms with van der Waals surface area (Å²) in [7, 11) is 0. The number of benzene rings is 2. The molecule has 0 aliphatic carbocycles. The van der Waals surface area contributed by atoms with E-state index in [1.54, 1.807) is 18.2 Å². The second kappa shape index (κ2) is 8.79. The average molecular weight is 423 g/mol. The first-order valence-electron chi connectivity index (χ1n) is 8.55. The van der Waals surface area contributed by atoms with Crippen LogP contribution in [0, 0.1) is 0 Å². The summed E-state index contributed by atoms with van der Waals surface area (Å²) in [5.41, 5.74) is 3.18. The highest BCUT2D eigenvalue weighted by Crippen LogP contribution is 2.32. The van der Waals surface area contributed by atoms with Gasteiger partial charge >= 0.3 is 0 Å². The van der Waals surface area contributed by atoms with Gasteiger partial charge in [-0.05, 0) is 42.3 Å². The van der Waals surface area contributed by atoms with Crippen molar-refractivity contribution in [1.29, 1.82) is 0 Å². The SMILES string of the molecule is CCCNC(=O)c1nc(-c2ccc(Cl)cc2Cl)c(Cc2ccc(Cl)cc2)[nH]1. The summed E-state index contributed by atoms with van der Waals surface area (Å²) in [6, 6.07) is 12.8. The van der Waals surface area contributed by atoms with E-state index < -0.39 is 0 Å². The topological polar surface area (TPSA) is 57.8 Å². The molecule has 2 N–H and O–H groups in total. The minimum Gasteiger partial charge on any atom is -0.349 e. The lowest BCUT2D eigenvalue weighted by Crippen LogP contribution is -2.25. The number of carbonyl (C=O) groups excluding carboxylic acids is 1. The molecule has 0 spiro atoms.